The highest BCUT2D eigenvalue weighted by Gasteiger charge is 2.51. The van der Waals surface area contributed by atoms with Crippen molar-refractivity contribution < 1.29 is 9.22 Å². The Hall–Kier alpha value is -1.71. The summed E-state index contributed by atoms with van der Waals surface area (Å²) in [6.07, 6.45) is 1.26. The summed E-state index contributed by atoms with van der Waals surface area (Å²) >= 11 is 0. The van der Waals surface area contributed by atoms with Gasteiger partial charge in [0.2, 0.25) is 0 Å². The Morgan fingerprint density at radius 2 is 1.39 bits per heavy atom. The van der Waals surface area contributed by atoms with E-state index in [1.165, 1.54) is 10.4 Å². The molecule has 0 aromatic heterocycles. The van der Waals surface area contributed by atoms with Gasteiger partial charge in [0.05, 0.1) is 0 Å². The van der Waals surface area contributed by atoms with E-state index < -0.39 is 8.32 Å². The van der Waals surface area contributed by atoms with Gasteiger partial charge in [-0.15, -0.1) is 0 Å². The minimum Gasteiger partial charge on any atom is -0.398 e. The van der Waals surface area contributed by atoms with Crippen LogP contribution in [0.5, 0.6) is 0 Å². The van der Waals surface area contributed by atoms with Crippen molar-refractivity contribution >= 4 is 25.0 Å². The molecule has 0 N–H and O–H groups in total. The first kappa shape index (κ1) is 17.6. The molecule has 2 nitrogen and oxygen atoms in total. The van der Waals surface area contributed by atoms with Crippen molar-refractivity contribution in [3.05, 3.63) is 60.7 Å². The lowest BCUT2D eigenvalue weighted by Gasteiger charge is -2.44. The first-order valence-corrected chi connectivity index (χ1v) is 10.1. The zero-order valence-electron chi connectivity index (χ0n) is 14.5. The van der Waals surface area contributed by atoms with Crippen LogP contribution in [-0.4, -0.2) is 20.7 Å². The Labute approximate surface area is 140 Å². The number of hydrogen-bond acceptors (Lipinski definition) is 2. The lowest BCUT2D eigenvalue weighted by Crippen LogP contribution is -2.67. The Morgan fingerprint density at radius 1 is 0.957 bits per heavy atom. The van der Waals surface area contributed by atoms with E-state index in [9.17, 15) is 4.79 Å². The van der Waals surface area contributed by atoms with Crippen LogP contribution >= 0.6 is 0 Å². The van der Waals surface area contributed by atoms with Crippen molar-refractivity contribution in [3.8, 4) is 0 Å². The number of carbonyl (C=O) groups excluding carboxylic acids is 1. The molecule has 0 bridgehead atoms. The fraction of sp³-hybridized carbons (Fsp3) is 0.350. The number of carbonyl (C=O) groups is 1. The Bertz CT molecular complexity index is 578. The van der Waals surface area contributed by atoms with Gasteiger partial charge in [-0.3, -0.25) is 0 Å². The minimum atomic E-state index is -2.59. The number of aldehydes is 1. The van der Waals surface area contributed by atoms with Crippen LogP contribution < -0.4 is 10.4 Å². The van der Waals surface area contributed by atoms with Gasteiger partial charge in [-0.25, -0.2) is 0 Å². The zero-order chi connectivity index (χ0) is 16.9. The van der Waals surface area contributed by atoms with Crippen molar-refractivity contribution in [2.45, 2.75) is 45.3 Å². The molecule has 122 valence electrons. The predicted molar refractivity (Wildman–Crippen MR) is 98.8 cm³/mol. The van der Waals surface area contributed by atoms with Gasteiger partial charge in [0, 0.05) is 0 Å². The molecule has 0 amide bonds. The van der Waals surface area contributed by atoms with Crippen molar-refractivity contribution in [3.63, 3.8) is 0 Å². The number of benzene rings is 2. The molecule has 0 aliphatic heterocycles. The van der Waals surface area contributed by atoms with Crippen LogP contribution in [-0.2, 0) is 9.22 Å². The van der Waals surface area contributed by atoms with Crippen LogP contribution in [0.4, 0.5) is 0 Å². The lowest BCUT2D eigenvalue weighted by molar-refractivity contribution is -0.114. The summed E-state index contributed by atoms with van der Waals surface area (Å²) < 4.78 is 6.64. The third-order valence-corrected chi connectivity index (χ3v) is 9.36. The Balaban J connectivity index is 2.72. The predicted octanol–water partition coefficient (Wildman–Crippen LogP) is 3.54. The van der Waals surface area contributed by atoms with E-state index in [1.807, 2.05) is 19.1 Å². The Morgan fingerprint density at radius 3 is 1.70 bits per heavy atom. The largest absolute Gasteiger partial charge is 0.398 e. The third kappa shape index (κ3) is 3.46. The molecule has 0 saturated heterocycles. The maximum atomic E-state index is 11.5. The fourth-order valence-electron chi connectivity index (χ4n) is 3.13. The minimum absolute atomic E-state index is 0.0911. The smallest absolute Gasteiger partial charge is 0.262 e. The van der Waals surface area contributed by atoms with Crippen molar-refractivity contribution in [1.29, 1.82) is 0 Å². The van der Waals surface area contributed by atoms with Crippen molar-refractivity contribution in [2.24, 2.45) is 0 Å². The molecular weight excluding hydrogens is 300 g/mol. The molecule has 2 aromatic carbocycles. The third-order valence-electron chi connectivity index (χ3n) is 4.30. The number of hydrogen-bond donors (Lipinski definition) is 0. The fourth-order valence-corrected chi connectivity index (χ4v) is 7.82. The van der Waals surface area contributed by atoms with E-state index in [1.54, 1.807) is 0 Å². The maximum absolute atomic E-state index is 11.5. The average Bonchev–Trinajstić information content (AvgIpc) is 2.57. The second-order valence-corrected chi connectivity index (χ2v) is 11.1. The molecule has 0 heterocycles. The van der Waals surface area contributed by atoms with Crippen LogP contribution in [0.1, 0.15) is 34.1 Å². The van der Waals surface area contributed by atoms with Gasteiger partial charge >= 0.3 is 0 Å². The number of rotatable bonds is 6. The SMILES string of the molecule is CC[C@@H](C=O)O[Si](c1ccccc1)(c1ccccc1)C(C)(C)C. The molecule has 0 aliphatic rings. The van der Waals surface area contributed by atoms with Gasteiger partial charge in [-0.05, 0) is 21.8 Å². The molecule has 3 heteroatoms. The Kier molecular flexibility index (Phi) is 5.55. The normalized spacial score (nSPS) is 13.6. The van der Waals surface area contributed by atoms with Crippen molar-refractivity contribution in [2.75, 3.05) is 0 Å². The van der Waals surface area contributed by atoms with Crippen LogP contribution in [0.3, 0.4) is 0 Å². The van der Waals surface area contributed by atoms with Gasteiger partial charge in [-0.1, -0.05) is 88.4 Å². The highest BCUT2D eigenvalue weighted by Crippen LogP contribution is 2.37. The van der Waals surface area contributed by atoms with Gasteiger partial charge in [-0.2, -0.15) is 0 Å². The molecule has 0 spiro atoms. The molecule has 0 fully saturated rings. The molecule has 0 unspecified atom stereocenters. The molecule has 0 aliphatic carbocycles. The highest BCUT2D eigenvalue weighted by molar-refractivity contribution is 6.99. The topological polar surface area (TPSA) is 26.3 Å². The van der Waals surface area contributed by atoms with E-state index in [-0.39, 0.29) is 11.1 Å². The molecule has 2 rings (SSSR count). The van der Waals surface area contributed by atoms with Gasteiger partial charge in [0.15, 0.2) is 0 Å². The quantitative estimate of drug-likeness (QED) is 0.599. The van der Waals surface area contributed by atoms with Crippen molar-refractivity contribution in [1.82, 2.24) is 0 Å². The molecule has 0 radical (unpaired) electrons. The summed E-state index contributed by atoms with van der Waals surface area (Å²) in [5, 5.41) is 2.32. The first-order valence-electron chi connectivity index (χ1n) is 8.20. The van der Waals surface area contributed by atoms with Crippen LogP contribution in [0, 0.1) is 0 Å². The summed E-state index contributed by atoms with van der Waals surface area (Å²) in [6, 6.07) is 20.8. The van der Waals surface area contributed by atoms with Gasteiger partial charge in [0.25, 0.3) is 8.32 Å². The van der Waals surface area contributed by atoms with E-state index >= 15 is 0 Å². The lowest BCUT2D eigenvalue weighted by atomic mass is 10.2. The van der Waals surface area contributed by atoms with E-state index in [0.29, 0.717) is 6.42 Å². The van der Waals surface area contributed by atoms with Gasteiger partial charge < -0.3 is 9.22 Å². The summed E-state index contributed by atoms with van der Waals surface area (Å²) in [5.74, 6) is 0. The van der Waals surface area contributed by atoms with E-state index in [0.717, 1.165) is 6.29 Å². The summed E-state index contributed by atoms with van der Waals surface area (Å²) in [6.45, 7) is 8.65. The molecule has 1 atom stereocenters. The summed E-state index contributed by atoms with van der Waals surface area (Å²) in [7, 11) is -2.59. The van der Waals surface area contributed by atoms with Gasteiger partial charge in [0.1, 0.15) is 12.4 Å². The van der Waals surface area contributed by atoms with Crippen LogP contribution in [0.25, 0.3) is 0 Å². The average molecular weight is 327 g/mol. The zero-order valence-corrected chi connectivity index (χ0v) is 15.5. The highest BCUT2D eigenvalue weighted by atomic mass is 28.4. The van der Waals surface area contributed by atoms with E-state index in [4.69, 9.17) is 4.43 Å². The summed E-state index contributed by atoms with van der Waals surface area (Å²) in [4.78, 5) is 11.5. The molecule has 2 aromatic rings. The summed E-state index contributed by atoms with van der Waals surface area (Å²) in [5.41, 5.74) is 0. The second kappa shape index (κ2) is 7.24. The first-order chi connectivity index (χ1) is 11.0. The molecule has 0 saturated carbocycles. The maximum Gasteiger partial charge on any atom is 0.262 e. The molecular formula is C20H26O2Si. The van der Waals surface area contributed by atoms with E-state index in [2.05, 4.69) is 69.3 Å². The standard InChI is InChI=1S/C20H26O2Si/c1-5-17(16-21)22-23(20(2,3)4,18-12-8-6-9-13-18)19-14-10-7-11-15-19/h6-17H,5H2,1-4H3/t17-/m0/s1. The molecule has 23 heavy (non-hydrogen) atoms. The van der Waals surface area contributed by atoms with Crippen LogP contribution in [0.15, 0.2) is 60.7 Å². The second-order valence-electron chi connectivity index (χ2n) is 6.86. The van der Waals surface area contributed by atoms with Crippen LogP contribution in [0.2, 0.25) is 5.04 Å². The monoisotopic (exact) mass is 326 g/mol.